The standard InChI is InChI=1S/C20H18ClNO5/c1-26-15-5-2-4-13(10-15)18(23)12-27-20(25)16-8-7-14(21)11-17(16)22-9-3-6-19(22)24/h2,4-5,7-8,10-11H,3,6,9,12H2,1H3. The zero-order chi connectivity index (χ0) is 19.4. The molecule has 6 nitrogen and oxygen atoms in total. The van der Waals surface area contributed by atoms with E-state index in [0.717, 1.165) is 0 Å². The predicted octanol–water partition coefficient (Wildman–Crippen LogP) is 3.52. The molecule has 0 aromatic heterocycles. The van der Waals surface area contributed by atoms with Gasteiger partial charge < -0.3 is 14.4 Å². The summed E-state index contributed by atoms with van der Waals surface area (Å²) in [5.41, 5.74) is 0.991. The summed E-state index contributed by atoms with van der Waals surface area (Å²) >= 11 is 6.03. The minimum absolute atomic E-state index is 0.0706. The van der Waals surface area contributed by atoms with E-state index < -0.39 is 12.6 Å². The first-order valence-electron chi connectivity index (χ1n) is 8.44. The van der Waals surface area contributed by atoms with Gasteiger partial charge in [0.15, 0.2) is 12.4 Å². The number of carbonyl (C=O) groups is 3. The van der Waals surface area contributed by atoms with Crippen LogP contribution in [0.4, 0.5) is 5.69 Å². The van der Waals surface area contributed by atoms with E-state index in [-0.39, 0.29) is 17.3 Å². The van der Waals surface area contributed by atoms with Crippen LogP contribution in [0.25, 0.3) is 0 Å². The lowest BCUT2D eigenvalue weighted by atomic mass is 10.1. The normalized spacial score (nSPS) is 13.6. The van der Waals surface area contributed by atoms with Gasteiger partial charge in [-0.2, -0.15) is 0 Å². The third-order valence-electron chi connectivity index (χ3n) is 4.27. The molecule has 0 radical (unpaired) electrons. The maximum absolute atomic E-state index is 12.5. The number of benzene rings is 2. The van der Waals surface area contributed by atoms with E-state index in [1.807, 2.05) is 0 Å². The molecule has 140 valence electrons. The van der Waals surface area contributed by atoms with Gasteiger partial charge in [0, 0.05) is 23.6 Å². The number of nitrogens with zero attached hydrogens (tertiary/aromatic N) is 1. The Morgan fingerprint density at radius 2 is 2.00 bits per heavy atom. The van der Waals surface area contributed by atoms with E-state index in [4.69, 9.17) is 21.1 Å². The number of anilines is 1. The van der Waals surface area contributed by atoms with Gasteiger partial charge in [0.2, 0.25) is 5.91 Å². The average Bonchev–Trinajstić information content (AvgIpc) is 3.11. The molecule has 0 bridgehead atoms. The van der Waals surface area contributed by atoms with Gasteiger partial charge in [0.25, 0.3) is 0 Å². The molecule has 7 heteroatoms. The van der Waals surface area contributed by atoms with Gasteiger partial charge in [0.05, 0.1) is 18.4 Å². The number of Topliss-reactive ketones (excluding diaryl/α,β-unsaturated/α-hetero) is 1. The van der Waals surface area contributed by atoms with Crippen LogP contribution in [0.3, 0.4) is 0 Å². The van der Waals surface area contributed by atoms with Gasteiger partial charge in [-0.25, -0.2) is 4.79 Å². The Morgan fingerprint density at radius 3 is 2.70 bits per heavy atom. The van der Waals surface area contributed by atoms with Crippen LogP contribution in [0.5, 0.6) is 5.75 Å². The summed E-state index contributed by atoms with van der Waals surface area (Å²) in [6.45, 7) is 0.101. The summed E-state index contributed by atoms with van der Waals surface area (Å²) in [4.78, 5) is 38.4. The zero-order valence-corrected chi connectivity index (χ0v) is 15.5. The highest BCUT2D eigenvalue weighted by Crippen LogP contribution is 2.29. The first kappa shape index (κ1) is 18.9. The molecule has 2 aromatic carbocycles. The second kappa shape index (κ2) is 8.22. The molecule has 1 aliphatic heterocycles. The number of ether oxygens (including phenoxy) is 2. The second-order valence-corrected chi connectivity index (χ2v) is 6.48. The van der Waals surface area contributed by atoms with Gasteiger partial charge in [-0.15, -0.1) is 0 Å². The largest absolute Gasteiger partial charge is 0.497 e. The van der Waals surface area contributed by atoms with Crippen molar-refractivity contribution < 1.29 is 23.9 Å². The van der Waals surface area contributed by atoms with E-state index in [1.54, 1.807) is 36.4 Å². The maximum atomic E-state index is 12.5. The van der Waals surface area contributed by atoms with E-state index in [9.17, 15) is 14.4 Å². The molecule has 1 amide bonds. The van der Waals surface area contributed by atoms with Crippen molar-refractivity contribution in [3.05, 3.63) is 58.6 Å². The average molecular weight is 388 g/mol. The van der Waals surface area contributed by atoms with Crippen LogP contribution < -0.4 is 9.64 Å². The number of amides is 1. The van der Waals surface area contributed by atoms with Gasteiger partial charge in [-0.1, -0.05) is 23.7 Å². The van der Waals surface area contributed by atoms with Crippen LogP contribution in [0, 0.1) is 0 Å². The molecule has 1 fully saturated rings. The fourth-order valence-electron chi connectivity index (χ4n) is 2.89. The third-order valence-corrected chi connectivity index (χ3v) is 4.51. The van der Waals surface area contributed by atoms with E-state index in [2.05, 4.69) is 0 Å². The monoisotopic (exact) mass is 387 g/mol. The van der Waals surface area contributed by atoms with Crippen LogP contribution in [-0.4, -0.2) is 37.9 Å². The topological polar surface area (TPSA) is 72.9 Å². The number of hydrogen-bond donors (Lipinski definition) is 0. The van der Waals surface area contributed by atoms with Crippen LogP contribution >= 0.6 is 11.6 Å². The highest BCUT2D eigenvalue weighted by molar-refractivity contribution is 6.31. The van der Waals surface area contributed by atoms with Crippen LogP contribution in [0.15, 0.2) is 42.5 Å². The minimum atomic E-state index is -0.683. The first-order chi connectivity index (χ1) is 13.0. The van der Waals surface area contributed by atoms with Crippen LogP contribution in [-0.2, 0) is 9.53 Å². The number of hydrogen-bond acceptors (Lipinski definition) is 5. The molecular weight excluding hydrogens is 370 g/mol. The molecular formula is C20H18ClNO5. The fraction of sp³-hybridized carbons (Fsp3) is 0.250. The zero-order valence-electron chi connectivity index (χ0n) is 14.7. The molecule has 0 unspecified atom stereocenters. The minimum Gasteiger partial charge on any atom is -0.497 e. The molecule has 0 saturated carbocycles. The Hall–Kier alpha value is -2.86. The van der Waals surface area contributed by atoms with Gasteiger partial charge in [-0.05, 0) is 36.8 Å². The maximum Gasteiger partial charge on any atom is 0.340 e. The predicted molar refractivity (Wildman–Crippen MR) is 101 cm³/mol. The van der Waals surface area contributed by atoms with Crippen molar-refractivity contribution in [2.75, 3.05) is 25.2 Å². The number of halogens is 1. The van der Waals surface area contributed by atoms with E-state index in [1.165, 1.54) is 18.1 Å². The van der Waals surface area contributed by atoms with Crippen molar-refractivity contribution in [1.29, 1.82) is 0 Å². The van der Waals surface area contributed by atoms with Crippen LogP contribution in [0.2, 0.25) is 5.02 Å². The Kier molecular flexibility index (Phi) is 5.76. The quantitative estimate of drug-likeness (QED) is 0.560. The van der Waals surface area contributed by atoms with Crippen molar-refractivity contribution in [3.63, 3.8) is 0 Å². The molecule has 0 spiro atoms. The second-order valence-electron chi connectivity index (χ2n) is 6.04. The third kappa shape index (κ3) is 4.28. The van der Waals surface area contributed by atoms with Gasteiger partial charge in [0.1, 0.15) is 5.75 Å². The van der Waals surface area contributed by atoms with Crippen molar-refractivity contribution in [2.24, 2.45) is 0 Å². The summed E-state index contributed by atoms with van der Waals surface area (Å²) in [5, 5.41) is 0.411. The highest BCUT2D eigenvalue weighted by atomic mass is 35.5. The lowest BCUT2D eigenvalue weighted by molar-refractivity contribution is -0.117. The molecule has 3 rings (SSSR count). The van der Waals surface area contributed by atoms with Crippen molar-refractivity contribution in [2.45, 2.75) is 12.8 Å². The van der Waals surface area contributed by atoms with Gasteiger partial charge in [-0.3, -0.25) is 9.59 Å². The lowest BCUT2D eigenvalue weighted by Gasteiger charge is -2.19. The summed E-state index contributed by atoms with van der Waals surface area (Å²) in [5.74, 6) is -0.564. The van der Waals surface area contributed by atoms with E-state index in [0.29, 0.717) is 41.4 Å². The van der Waals surface area contributed by atoms with Crippen molar-refractivity contribution in [3.8, 4) is 5.75 Å². The molecule has 27 heavy (non-hydrogen) atoms. The molecule has 1 saturated heterocycles. The summed E-state index contributed by atoms with van der Waals surface area (Å²) < 4.78 is 10.3. The smallest absolute Gasteiger partial charge is 0.340 e. The molecule has 0 N–H and O–H groups in total. The number of ketones is 1. The molecule has 0 aliphatic carbocycles. The molecule has 2 aromatic rings. The van der Waals surface area contributed by atoms with Gasteiger partial charge >= 0.3 is 5.97 Å². The Labute approximate surface area is 161 Å². The SMILES string of the molecule is COc1cccc(C(=O)COC(=O)c2ccc(Cl)cc2N2CCCC2=O)c1. The molecule has 1 heterocycles. The van der Waals surface area contributed by atoms with E-state index >= 15 is 0 Å². The first-order valence-corrected chi connectivity index (χ1v) is 8.81. The summed E-state index contributed by atoms with van der Waals surface area (Å²) in [7, 11) is 1.51. The summed E-state index contributed by atoms with van der Waals surface area (Å²) in [6, 6.07) is 11.2. The van der Waals surface area contributed by atoms with Crippen molar-refractivity contribution >= 4 is 34.9 Å². The highest BCUT2D eigenvalue weighted by Gasteiger charge is 2.27. The molecule has 0 atom stereocenters. The fourth-order valence-corrected chi connectivity index (χ4v) is 3.06. The Balaban J connectivity index is 1.74. The molecule has 1 aliphatic rings. The number of carbonyl (C=O) groups excluding carboxylic acids is 3. The Morgan fingerprint density at radius 1 is 1.19 bits per heavy atom. The summed E-state index contributed by atoms with van der Waals surface area (Å²) in [6.07, 6.45) is 1.14. The number of rotatable bonds is 6. The Bertz CT molecular complexity index is 896. The van der Waals surface area contributed by atoms with Crippen molar-refractivity contribution in [1.82, 2.24) is 0 Å². The number of esters is 1. The lowest BCUT2D eigenvalue weighted by Crippen LogP contribution is -2.26. The number of methoxy groups -OCH3 is 1. The van der Waals surface area contributed by atoms with Crippen LogP contribution in [0.1, 0.15) is 33.6 Å².